The van der Waals surface area contributed by atoms with Gasteiger partial charge in [-0.2, -0.15) is 4.39 Å². The lowest BCUT2D eigenvalue weighted by atomic mass is 9.88. The van der Waals surface area contributed by atoms with Crippen molar-refractivity contribution in [2.75, 3.05) is 13.2 Å². The molecule has 0 amide bonds. The Morgan fingerprint density at radius 3 is 2.32 bits per heavy atom. The topological polar surface area (TPSA) is 38.7 Å². The molecule has 3 nitrogen and oxygen atoms in total. The lowest BCUT2D eigenvalue weighted by molar-refractivity contribution is -0.0719. The Morgan fingerprint density at radius 2 is 1.66 bits per heavy atom. The first-order valence-electron chi connectivity index (χ1n) is 14.8. The van der Waals surface area contributed by atoms with Crippen LogP contribution in [0.5, 0.6) is 5.75 Å². The van der Waals surface area contributed by atoms with Gasteiger partial charge < -0.3 is 14.6 Å². The van der Waals surface area contributed by atoms with Crippen molar-refractivity contribution in [2.45, 2.75) is 82.8 Å². The van der Waals surface area contributed by atoms with Gasteiger partial charge in [0.2, 0.25) is 5.82 Å². The minimum atomic E-state index is -1.02. The van der Waals surface area contributed by atoms with E-state index in [0.29, 0.717) is 29.7 Å². The van der Waals surface area contributed by atoms with Crippen molar-refractivity contribution in [2.24, 2.45) is 0 Å². The van der Waals surface area contributed by atoms with Gasteiger partial charge in [0.25, 0.3) is 0 Å². The quantitative estimate of drug-likeness (QED) is 0.156. The highest BCUT2D eigenvalue weighted by atomic mass is 19.2. The molecule has 6 heteroatoms. The number of hydrogen-bond acceptors (Lipinski definition) is 3. The highest BCUT2D eigenvalue weighted by Crippen LogP contribution is 2.35. The lowest BCUT2D eigenvalue weighted by Gasteiger charge is -2.32. The summed E-state index contributed by atoms with van der Waals surface area (Å²) in [5.41, 5.74) is 2.56. The second-order valence-electron chi connectivity index (χ2n) is 10.9. The standard InChI is InChI=1S/C35H41F3O3/c1-3-5-7-8-10-31(39)32-19-16-27(23-41-32)26-15-17-28(30(36)22-26)24-11-13-25(14-12-24)29-18-20-33(35(38)34(29)37)40-21-9-6-4-2/h4,11-15,17-18,20,22,27,31-32,39H,2-3,5-10,16,19,21,23H2,1H3. The molecule has 1 fully saturated rings. The highest BCUT2D eigenvalue weighted by molar-refractivity contribution is 5.71. The maximum atomic E-state index is 15.2. The largest absolute Gasteiger partial charge is 0.490 e. The van der Waals surface area contributed by atoms with E-state index < -0.39 is 17.7 Å². The molecule has 0 aliphatic carbocycles. The van der Waals surface area contributed by atoms with E-state index in [1.54, 1.807) is 42.5 Å². The molecule has 220 valence electrons. The Kier molecular flexibility index (Phi) is 11.5. The van der Waals surface area contributed by atoms with Gasteiger partial charge in [-0.15, -0.1) is 6.58 Å². The van der Waals surface area contributed by atoms with E-state index in [-0.39, 0.29) is 35.8 Å². The average Bonchev–Trinajstić information content (AvgIpc) is 3.00. The number of allylic oxidation sites excluding steroid dienone is 1. The van der Waals surface area contributed by atoms with Crippen molar-refractivity contribution < 1.29 is 27.8 Å². The second-order valence-corrected chi connectivity index (χ2v) is 10.9. The summed E-state index contributed by atoms with van der Waals surface area (Å²) in [6.45, 7) is 6.54. The molecule has 0 spiro atoms. The van der Waals surface area contributed by atoms with Crippen molar-refractivity contribution in [3.63, 3.8) is 0 Å². The predicted molar refractivity (Wildman–Crippen MR) is 159 cm³/mol. The fourth-order valence-corrected chi connectivity index (χ4v) is 5.43. The van der Waals surface area contributed by atoms with Crippen LogP contribution in [0.1, 0.15) is 76.2 Å². The molecule has 0 aromatic heterocycles. The molecule has 3 unspecified atom stereocenters. The van der Waals surface area contributed by atoms with E-state index in [0.717, 1.165) is 44.1 Å². The Bertz CT molecular complexity index is 1270. The van der Waals surface area contributed by atoms with Gasteiger partial charge in [-0.25, -0.2) is 8.78 Å². The molecular formula is C35H41F3O3. The first-order chi connectivity index (χ1) is 19.9. The summed E-state index contributed by atoms with van der Waals surface area (Å²) in [5, 5.41) is 10.5. The van der Waals surface area contributed by atoms with E-state index in [1.165, 1.54) is 25.0 Å². The van der Waals surface area contributed by atoms with Crippen LogP contribution in [0.3, 0.4) is 0 Å². The molecule has 0 bridgehead atoms. The van der Waals surface area contributed by atoms with E-state index in [2.05, 4.69) is 13.5 Å². The average molecular weight is 567 g/mol. The monoisotopic (exact) mass is 566 g/mol. The minimum absolute atomic E-state index is 0.0799. The molecule has 3 aromatic carbocycles. The fourth-order valence-electron chi connectivity index (χ4n) is 5.43. The van der Waals surface area contributed by atoms with Gasteiger partial charge in [0.15, 0.2) is 11.6 Å². The van der Waals surface area contributed by atoms with Gasteiger partial charge in [0.1, 0.15) is 5.82 Å². The first-order valence-corrected chi connectivity index (χ1v) is 14.8. The third kappa shape index (κ3) is 8.02. The predicted octanol–water partition coefficient (Wildman–Crippen LogP) is 9.38. The van der Waals surface area contributed by atoms with Crippen molar-refractivity contribution in [1.82, 2.24) is 0 Å². The number of unbranched alkanes of at least 4 members (excludes halogenated alkanes) is 4. The van der Waals surface area contributed by atoms with E-state index in [4.69, 9.17) is 9.47 Å². The molecule has 4 rings (SSSR count). The van der Waals surface area contributed by atoms with Crippen LogP contribution in [0, 0.1) is 17.5 Å². The van der Waals surface area contributed by atoms with Gasteiger partial charge in [0.05, 0.1) is 25.4 Å². The van der Waals surface area contributed by atoms with Crippen molar-refractivity contribution in [1.29, 1.82) is 0 Å². The molecule has 1 heterocycles. The molecule has 1 aliphatic heterocycles. The maximum absolute atomic E-state index is 15.2. The van der Waals surface area contributed by atoms with Crippen molar-refractivity contribution >= 4 is 0 Å². The number of rotatable bonds is 14. The van der Waals surface area contributed by atoms with E-state index >= 15 is 4.39 Å². The Hall–Kier alpha value is -3.09. The fraction of sp³-hybridized carbons (Fsp3) is 0.429. The van der Waals surface area contributed by atoms with Gasteiger partial charge in [0, 0.05) is 17.0 Å². The summed E-state index contributed by atoms with van der Waals surface area (Å²) in [6.07, 6.45) is 9.40. The summed E-state index contributed by atoms with van der Waals surface area (Å²) in [7, 11) is 0. The SMILES string of the molecule is C=CCCCOc1ccc(-c2ccc(-c3ccc(C4CCC(C(O)CCCCCC)OC4)cc3F)cc2)c(F)c1F. The molecule has 0 radical (unpaired) electrons. The van der Waals surface area contributed by atoms with Gasteiger partial charge in [-0.3, -0.25) is 0 Å². The molecule has 1 aliphatic rings. The zero-order valence-electron chi connectivity index (χ0n) is 23.9. The molecule has 3 atom stereocenters. The van der Waals surface area contributed by atoms with Gasteiger partial charge in [-0.05, 0) is 67.0 Å². The van der Waals surface area contributed by atoms with Crippen LogP contribution >= 0.6 is 0 Å². The Balaban J connectivity index is 1.37. The Morgan fingerprint density at radius 1 is 0.927 bits per heavy atom. The maximum Gasteiger partial charge on any atom is 0.201 e. The number of benzene rings is 3. The van der Waals surface area contributed by atoms with E-state index in [1.807, 2.05) is 6.07 Å². The number of aliphatic hydroxyl groups excluding tert-OH is 1. The molecule has 3 aromatic rings. The number of halogens is 3. The normalized spacial score (nSPS) is 17.8. The zero-order valence-corrected chi connectivity index (χ0v) is 23.9. The molecule has 0 saturated carbocycles. The van der Waals surface area contributed by atoms with Crippen LogP contribution in [0.25, 0.3) is 22.3 Å². The summed E-state index contributed by atoms with van der Waals surface area (Å²) in [5.74, 6) is -2.38. The lowest BCUT2D eigenvalue weighted by Crippen LogP contribution is -2.34. The van der Waals surface area contributed by atoms with Crippen LogP contribution in [0.2, 0.25) is 0 Å². The Labute approximate surface area is 242 Å². The number of ether oxygens (including phenoxy) is 2. The third-order valence-corrected chi connectivity index (χ3v) is 7.92. The summed E-state index contributed by atoms with van der Waals surface area (Å²) in [4.78, 5) is 0. The second kappa shape index (κ2) is 15.2. The van der Waals surface area contributed by atoms with Crippen molar-refractivity contribution in [3.8, 4) is 28.0 Å². The highest BCUT2D eigenvalue weighted by Gasteiger charge is 2.28. The summed E-state index contributed by atoms with van der Waals surface area (Å²) < 4.78 is 56.0. The van der Waals surface area contributed by atoms with E-state index in [9.17, 15) is 13.9 Å². The molecule has 1 saturated heterocycles. The zero-order chi connectivity index (χ0) is 29.2. The minimum Gasteiger partial charge on any atom is -0.490 e. The van der Waals surface area contributed by atoms with Crippen LogP contribution in [0.15, 0.2) is 67.3 Å². The summed E-state index contributed by atoms with van der Waals surface area (Å²) >= 11 is 0. The number of hydrogen-bond donors (Lipinski definition) is 1. The van der Waals surface area contributed by atoms with Crippen LogP contribution in [0.4, 0.5) is 13.2 Å². The van der Waals surface area contributed by atoms with Crippen molar-refractivity contribution in [3.05, 3.63) is 90.3 Å². The molecule has 1 N–H and O–H groups in total. The molecular weight excluding hydrogens is 525 g/mol. The van der Waals surface area contributed by atoms with Gasteiger partial charge in [-0.1, -0.05) is 75.1 Å². The number of aliphatic hydroxyl groups is 1. The van der Waals surface area contributed by atoms with Crippen LogP contribution in [-0.2, 0) is 4.74 Å². The summed E-state index contributed by atoms with van der Waals surface area (Å²) in [6, 6.07) is 14.9. The first kappa shape index (κ1) is 30.9. The van der Waals surface area contributed by atoms with Crippen LogP contribution in [-0.4, -0.2) is 30.5 Å². The molecule has 41 heavy (non-hydrogen) atoms. The third-order valence-electron chi connectivity index (χ3n) is 7.92. The van der Waals surface area contributed by atoms with Gasteiger partial charge >= 0.3 is 0 Å². The smallest absolute Gasteiger partial charge is 0.201 e. The van der Waals surface area contributed by atoms with Crippen LogP contribution < -0.4 is 4.74 Å².